The summed E-state index contributed by atoms with van der Waals surface area (Å²) in [5.74, 6) is 1.18. The molecule has 5 rings (SSSR count). The molecule has 10 nitrogen and oxygen atoms in total. The Morgan fingerprint density at radius 2 is 2.12 bits per heavy atom. The number of β-amino-alcohol motifs (C(OH)–C–C–N with tert-alkyl or cyclic N) is 1. The van der Waals surface area contributed by atoms with Crippen LogP contribution in [0.15, 0.2) is 24.5 Å². The van der Waals surface area contributed by atoms with Gasteiger partial charge in [-0.05, 0) is 49.6 Å². The molecule has 2 aliphatic heterocycles. The molecule has 1 saturated heterocycles. The molecule has 4 heterocycles. The molecule has 0 radical (unpaired) electrons. The van der Waals surface area contributed by atoms with Crippen LogP contribution in [0.3, 0.4) is 0 Å². The molecule has 1 amide bonds. The van der Waals surface area contributed by atoms with Gasteiger partial charge in [0, 0.05) is 32.8 Å². The van der Waals surface area contributed by atoms with Crippen LogP contribution in [0, 0.1) is 0 Å². The molecule has 2 N–H and O–H groups in total. The first-order valence-corrected chi connectivity index (χ1v) is 11.7. The second-order valence-electron chi connectivity index (χ2n) is 9.29. The third-order valence-corrected chi connectivity index (χ3v) is 6.82. The molecule has 3 aromatic rings. The average Bonchev–Trinajstić information content (AvgIpc) is 3.21. The number of rotatable bonds is 5. The summed E-state index contributed by atoms with van der Waals surface area (Å²) in [6, 6.07) is 4.18. The standard InChI is InChI=1S/C24H31N7O3/c1-15(32)30-14-20(33)5-4-19(30)13-31-23-18(11-26-31)10-25-24(28-23)27-21-8-17-12-29(2)7-6-16(17)9-22(21)34-3/h8-11,19-20,33H,4-7,12-14H2,1-3H3,(H,25,27,28)/t19-,20+/m0/s1. The van der Waals surface area contributed by atoms with E-state index < -0.39 is 6.10 Å². The second kappa shape index (κ2) is 9.19. The molecule has 180 valence electrons. The zero-order chi connectivity index (χ0) is 23.8. The van der Waals surface area contributed by atoms with Crippen molar-refractivity contribution in [3.8, 4) is 5.75 Å². The Morgan fingerprint density at radius 3 is 2.91 bits per heavy atom. The van der Waals surface area contributed by atoms with Crippen LogP contribution >= 0.6 is 0 Å². The van der Waals surface area contributed by atoms with Crippen LogP contribution in [-0.4, -0.2) is 80.0 Å². The smallest absolute Gasteiger partial charge is 0.229 e. The fourth-order valence-electron chi connectivity index (χ4n) is 4.96. The molecule has 0 saturated carbocycles. The molecular weight excluding hydrogens is 434 g/mol. The minimum Gasteiger partial charge on any atom is -0.495 e. The van der Waals surface area contributed by atoms with Gasteiger partial charge in [0.15, 0.2) is 5.65 Å². The van der Waals surface area contributed by atoms with Crippen molar-refractivity contribution in [2.24, 2.45) is 0 Å². The SMILES string of the molecule is COc1cc2c(cc1Nc1ncc3cnn(C[C@@H]4CC[C@@H](O)CN4C(C)=O)c3n1)CN(C)CC2. The molecule has 10 heteroatoms. The van der Waals surface area contributed by atoms with E-state index in [0.29, 0.717) is 31.1 Å². The van der Waals surface area contributed by atoms with Gasteiger partial charge in [0.05, 0.1) is 43.1 Å². The Morgan fingerprint density at radius 1 is 1.26 bits per heavy atom. The van der Waals surface area contributed by atoms with E-state index in [1.165, 1.54) is 11.1 Å². The first kappa shape index (κ1) is 22.5. The number of likely N-dealkylation sites (N-methyl/N-ethyl adjacent to an activating group) is 1. The highest BCUT2D eigenvalue weighted by molar-refractivity contribution is 5.76. The van der Waals surface area contributed by atoms with Gasteiger partial charge in [-0.1, -0.05) is 0 Å². The number of hydrogen-bond acceptors (Lipinski definition) is 8. The normalized spacial score (nSPS) is 20.9. The second-order valence-corrected chi connectivity index (χ2v) is 9.29. The Balaban J connectivity index is 1.41. The van der Waals surface area contributed by atoms with Gasteiger partial charge in [-0.25, -0.2) is 9.67 Å². The van der Waals surface area contributed by atoms with Crippen molar-refractivity contribution in [1.29, 1.82) is 0 Å². The number of carbonyl (C=O) groups excluding carboxylic acids is 1. The fraction of sp³-hybridized carbons (Fsp3) is 0.500. The van der Waals surface area contributed by atoms with Gasteiger partial charge in [-0.2, -0.15) is 10.1 Å². The third-order valence-electron chi connectivity index (χ3n) is 6.82. The number of nitrogens with zero attached hydrogens (tertiary/aromatic N) is 6. The Hall–Kier alpha value is -3.24. The van der Waals surface area contributed by atoms with E-state index >= 15 is 0 Å². The molecule has 2 atom stereocenters. The maximum Gasteiger partial charge on any atom is 0.229 e. The number of anilines is 2. The van der Waals surface area contributed by atoms with E-state index in [0.717, 1.165) is 42.8 Å². The number of aliphatic hydroxyl groups is 1. The predicted molar refractivity (Wildman–Crippen MR) is 128 cm³/mol. The van der Waals surface area contributed by atoms with Gasteiger partial charge < -0.3 is 25.0 Å². The van der Waals surface area contributed by atoms with Crippen LogP contribution in [0.1, 0.15) is 30.9 Å². The lowest BCUT2D eigenvalue weighted by atomic mass is 9.99. The molecule has 1 aromatic carbocycles. The summed E-state index contributed by atoms with van der Waals surface area (Å²) in [5, 5.41) is 18.7. The van der Waals surface area contributed by atoms with Gasteiger partial charge in [0.2, 0.25) is 11.9 Å². The number of hydrogen-bond donors (Lipinski definition) is 2. The van der Waals surface area contributed by atoms with Crippen LogP contribution in [-0.2, 0) is 24.3 Å². The number of amides is 1. The number of piperidine rings is 1. The topological polar surface area (TPSA) is 109 Å². The zero-order valence-corrected chi connectivity index (χ0v) is 19.9. The van der Waals surface area contributed by atoms with Gasteiger partial charge in [0.1, 0.15) is 5.75 Å². The monoisotopic (exact) mass is 465 g/mol. The molecule has 1 fully saturated rings. The lowest BCUT2D eigenvalue weighted by molar-refractivity contribution is -0.135. The van der Waals surface area contributed by atoms with E-state index in [2.05, 4.69) is 39.5 Å². The number of fused-ring (bicyclic) bond motifs is 2. The number of methoxy groups -OCH3 is 1. The van der Waals surface area contributed by atoms with E-state index in [9.17, 15) is 9.90 Å². The Bertz CT molecular complexity index is 1210. The number of likely N-dealkylation sites (tertiary alicyclic amines) is 1. The largest absolute Gasteiger partial charge is 0.495 e. The number of benzene rings is 1. The molecule has 34 heavy (non-hydrogen) atoms. The van der Waals surface area contributed by atoms with E-state index in [4.69, 9.17) is 9.72 Å². The van der Waals surface area contributed by atoms with Gasteiger partial charge in [-0.3, -0.25) is 4.79 Å². The van der Waals surface area contributed by atoms with Crippen LogP contribution in [0.5, 0.6) is 5.75 Å². The maximum atomic E-state index is 12.1. The summed E-state index contributed by atoms with van der Waals surface area (Å²) in [6.07, 6.45) is 5.41. The summed E-state index contributed by atoms with van der Waals surface area (Å²) < 4.78 is 7.46. The van der Waals surface area contributed by atoms with Crippen molar-refractivity contribution in [2.75, 3.05) is 32.6 Å². The van der Waals surface area contributed by atoms with Crippen LogP contribution in [0.2, 0.25) is 0 Å². The number of carbonyl (C=O) groups is 1. The van der Waals surface area contributed by atoms with E-state index in [1.807, 2.05) is 4.68 Å². The first-order chi connectivity index (χ1) is 16.4. The van der Waals surface area contributed by atoms with Crippen molar-refractivity contribution in [1.82, 2.24) is 29.5 Å². The van der Waals surface area contributed by atoms with Crippen LogP contribution in [0.4, 0.5) is 11.6 Å². The maximum absolute atomic E-state index is 12.1. The summed E-state index contributed by atoms with van der Waals surface area (Å²) in [6.45, 7) is 4.34. The van der Waals surface area contributed by atoms with Crippen molar-refractivity contribution in [3.63, 3.8) is 0 Å². The predicted octanol–water partition coefficient (Wildman–Crippen LogP) is 1.94. The minimum absolute atomic E-state index is 0.0342. The molecule has 2 aromatic heterocycles. The van der Waals surface area contributed by atoms with Crippen LogP contribution in [0.25, 0.3) is 11.0 Å². The summed E-state index contributed by atoms with van der Waals surface area (Å²) in [4.78, 5) is 25.4. The Kier molecular flexibility index (Phi) is 6.09. The third kappa shape index (κ3) is 4.43. The van der Waals surface area contributed by atoms with Gasteiger partial charge in [-0.15, -0.1) is 0 Å². The van der Waals surface area contributed by atoms with Crippen molar-refractivity contribution < 1.29 is 14.6 Å². The molecule has 0 spiro atoms. The average molecular weight is 466 g/mol. The molecule has 0 unspecified atom stereocenters. The first-order valence-electron chi connectivity index (χ1n) is 11.7. The molecular formula is C24H31N7O3. The lowest BCUT2D eigenvalue weighted by Gasteiger charge is -2.37. The number of nitrogens with one attached hydrogen (secondary N) is 1. The highest BCUT2D eigenvalue weighted by Crippen LogP contribution is 2.33. The molecule has 0 aliphatic carbocycles. The van der Waals surface area contributed by atoms with E-state index in [1.54, 1.807) is 31.3 Å². The number of ether oxygens (including phenoxy) is 1. The minimum atomic E-state index is -0.473. The fourth-order valence-corrected chi connectivity index (χ4v) is 4.96. The van der Waals surface area contributed by atoms with Crippen LogP contribution < -0.4 is 10.1 Å². The highest BCUT2D eigenvalue weighted by Gasteiger charge is 2.30. The molecule has 0 bridgehead atoms. The van der Waals surface area contributed by atoms with Crippen molar-refractivity contribution in [3.05, 3.63) is 35.7 Å². The van der Waals surface area contributed by atoms with Crippen molar-refractivity contribution >= 4 is 28.6 Å². The van der Waals surface area contributed by atoms with Gasteiger partial charge >= 0.3 is 0 Å². The summed E-state index contributed by atoms with van der Waals surface area (Å²) >= 11 is 0. The zero-order valence-electron chi connectivity index (χ0n) is 19.9. The molecule has 2 aliphatic rings. The summed E-state index contributed by atoms with van der Waals surface area (Å²) in [5.41, 5.74) is 4.10. The van der Waals surface area contributed by atoms with E-state index in [-0.39, 0.29) is 11.9 Å². The van der Waals surface area contributed by atoms with Gasteiger partial charge in [0.25, 0.3) is 0 Å². The summed E-state index contributed by atoms with van der Waals surface area (Å²) in [7, 11) is 3.79. The number of aliphatic hydroxyl groups excluding tert-OH is 1. The number of aromatic nitrogens is 4. The highest BCUT2D eigenvalue weighted by atomic mass is 16.5. The lowest BCUT2D eigenvalue weighted by Crippen LogP contribution is -2.49. The Labute approximate surface area is 198 Å². The van der Waals surface area contributed by atoms with Crippen molar-refractivity contribution in [2.45, 2.75) is 51.4 Å². The quantitative estimate of drug-likeness (QED) is 0.589.